The van der Waals surface area contributed by atoms with E-state index in [0.717, 1.165) is 37.1 Å². The first-order chi connectivity index (χ1) is 12.1. The van der Waals surface area contributed by atoms with Crippen molar-refractivity contribution < 1.29 is 9.59 Å². The number of nitrogens with zero attached hydrogens (tertiary/aromatic N) is 1. The maximum absolute atomic E-state index is 12.5. The average Bonchev–Trinajstić information content (AvgIpc) is 3.14. The van der Waals surface area contributed by atoms with E-state index < -0.39 is 0 Å². The predicted molar refractivity (Wildman–Crippen MR) is 101 cm³/mol. The molecule has 4 nitrogen and oxygen atoms in total. The Kier molecular flexibility index (Phi) is 5.87. The van der Waals surface area contributed by atoms with Crippen molar-refractivity contribution in [3.8, 4) is 0 Å². The van der Waals surface area contributed by atoms with Gasteiger partial charge in [0, 0.05) is 30.0 Å². The topological polar surface area (TPSA) is 49.4 Å². The van der Waals surface area contributed by atoms with E-state index in [1.165, 1.54) is 4.88 Å². The SMILES string of the molecule is Cc1ccc(C(=O)N2CCC(CC(=O)NCc3cccs3)CC2)cc1. The molecule has 0 atom stereocenters. The lowest BCUT2D eigenvalue weighted by atomic mass is 9.93. The van der Waals surface area contributed by atoms with E-state index in [1.54, 1.807) is 11.3 Å². The molecule has 0 radical (unpaired) electrons. The zero-order chi connectivity index (χ0) is 17.6. The van der Waals surface area contributed by atoms with Crippen LogP contribution in [0.25, 0.3) is 0 Å². The van der Waals surface area contributed by atoms with E-state index in [-0.39, 0.29) is 11.8 Å². The van der Waals surface area contributed by atoms with Gasteiger partial charge in [-0.3, -0.25) is 9.59 Å². The quantitative estimate of drug-likeness (QED) is 0.890. The van der Waals surface area contributed by atoms with Gasteiger partial charge in [0.25, 0.3) is 5.91 Å². The summed E-state index contributed by atoms with van der Waals surface area (Å²) in [6, 6.07) is 11.7. The predicted octanol–water partition coefficient (Wildman–Crippen LogP) is 3.62. The van der Waals surface area contributed by atoms with Crippen molar-refractivity contribution in [1.29, 1.82) is 0 Å². The fourth-order valence-electron chi connectivity index (χ4n) is 3.15. The molecular weight excluding hydrogens is 332 g/mol. The molecule has 0 unspecified atom stereocenters. The minimum Gasteiger partial charge on any atom is -0.351 e. The molecule has 2 amide bonds. The molecule has 1 saturated heterocycles. The molecule has 132 valence electrons. The van der Waals surface area contributed by atoms with Crippen LogP contribution in [0.1, 0.15) is 40.1 Å². The molecule has 0 saturated carbocycles. The van der Waals surface area contributed by atoms with E-state index in [0.29, 0.717) is 18.9 Å². The van der Waals surface area contributed by atoms with Gasteiger partial charge in [0.15, 0.2) is 0 Å². The standard InChI is InChI=1S/C20H24N2O2S/c1-15-4-6-17(7-5-15)20(24)22-10-8-16(9-11-22)13-19(23)21-14-18-3-2-12-25-18/h2-7,12,16H,8-11,13-14H2,1H3,(H,21,23). The number of hydrogen-bond donors (Lipinski definition) is 1. The van der Waals surface area contributed by atoms with Gasteiger partial charge in [-0.05, 0) is 49.3 Å². The Hall–Kier alpha value is -2.14. The van der Waals surface area contributed by atoms with Gasteiger partial charge in [0.05, 0.1) is 6.54 Å². The number of amides is 2. The number of thiophene rings is 1. The first-order valence-corrected chi connectivity index (χ1v) is 9.65. The fraction of sp³-hybridized carbons (Fsp3) is 0.400. The van der Waals surface area contributed by atoms with Crippen LogP contribution >= 0.6 is 11.3 Å². The molecule has 2 heterocycles. The highest BCUT2D eigenvalue weighted by molar-refractivity contribution is 7.09. The van der Waals surface area contributed by atoms with Crippen LogP contribution in [-0.4, -0.2) is 29.8 Å². The molecule has 1 N–H and O–H groups in total. The van der Waals surface area contributed by atoms with Gasteiger partial charge < -0.3 is 10.2 Å². The Balaban J connectivity index is 1.42. The summed E-state index contributed by atoms with van der Waals surface area (Å²) in [5, 5.41) is 5.00. The summed E-state index contributed by atoms with van der Waals surface area (Å²) in [6.07, 6.45) is 2.34. The highest BCUT2D eigenvalue weighted by Gasteiger charge is 2.25. The second-order valence-corrected chi connectivity index (χ2v) is 7.69. The Morgan fingerprint density at radius 1 is 1.16 bits per heavy atom. The van der Waals surface area contributed by atoms with Crippen molar-refractivity contribution in [2.75, 3.05) is 13.1 Å². The first kappa shape index (κ1) is 17.7. The number of nitrogens with one attached hydrogen (secondary N) is 1. The van der Waals surface area contributed by atoms with Gasteiger partial charge in [-0.15, -0.1) is 11.3 Å². The zero-order valence-electron chi connectivity index (χ0n) is 14.5. The number of carbonyl (C=O) groups is 2. The lowest BCUT2D eigenvalue weighted by Crippen LogP contribution is -2.39. The molecule has 1 aliphatic heterocycles. The maximum Gasteiger partial charge on any atom is 0.253 e. The largest absolute Gasteiger partial charge is 0.351 e. The summed E-state index contributed by atoms with van der Waals surface area (Å²) in [5.74, 6) is 0.572. The average molecular weight is 356 g/mol. The van der Waals surface area contributed by atoms with Crippen LogP contribution in [0, 0.1) is 12.8 Å². The third kappa shape index (κ3) is 4.92. The molecule has 0 spiro atoms. The number of piperidine rings is 1. The smallest absolute Gasteiger partial charge is 0.253 e. The van der Waals surface area contributed by atoms with Crippen LogP contribution in [0.15, 0.2) is 41.8 Å². The van der Waals surface area contributed by atoms with Gasteiger partial charge >= 0.3 is 0 Å². The van der Waals surface area contributed by atoms with Crippen molar-refractivity contribution in [2.45, 2.75) is 32.7 Å². The molecule has 1 aliphatic rings. The van der Waals surface area contributed by atoms with Crippen LogP contribution in [0.4, 0.5) is 0 Å². The van der Waals surface area contributed by atoms with Crippen molar-refractivity contribution >= 4 is 23.2 Å². The van der Waals surface area contributed by atoms with Crippen LogP contribution < -0.4 is 5.32 Å². The summed E-state index contributed by atoms with van der Waals surface area (Å²) in [4.78, 5) is 27.7. The Bertz CT molecular complexity index is 702. The minimum atomic E-state index is 0.0978. The summed E-state index contributed by atoms with van der Waals surface area (Å²) in [6.45, 7) is 4.09. The van der Waals surface area contributed by atoms with Crippen LogP contribution in [0.5, 0.6) is 0 Å². The monoisotopic (exact) mass is 356 g/mol. The number of aryl methyl sites for hydroxylation is 1. The molecule has 2 aromatic rings. The zero-order valence-corrected chi connectivity index (χ0v) is 15.3. The molecule has 3 rings (SSSR count). The molecule has 25 heavy (non-hydrogen) atoms. The number of carbonyl (C=O) groups excluding carboxylic acids is 2. The third-order valence-electron chi connectivity index (χ3n) is 4.71. The Labute approximate surface area is 152 Å². The second-order valence-electron chi connectivity index (χ2n) is 6.66. The molecular formula is C20H24N2O2S. The van der Waals surface area contributed by atoms with E-state index in [2.05, 4.69) is 5.32 Å². The highest BCUT2D eigenvalue weighted by atomic mass is 32.1. The molecule has 1 fully saturated rings. The lowest BCUT2D eigenvalue weighted by Gasteiger charge is -2.31. The summed E-state index contributed by atoms with van der Waals surface area (Å²) >= 11 is 1.65. The molecule has 0 bridgehead atoms. The Morgan fingerprint density at radius 3 is 2.52 bits per heavy atom. The molecule has 0 aliphatic carbocycles. The molecule has 5 heteroatoms. The second kappa shape index (κ2) is 8.30. The van der Waals surface area contributed by atoms with Crippen molar-refractivity contribution in [2.24, 2.45) is 5.92 Å². The van der Waals surface area contributed by atoms with Gasteiger partial charge in [-0.1, -0.05) is 23.8 Å². The van der Waals surface area contributed by atoms with Gasteiger partial charge in [0.2, 0.25) is 5.91 Å². The number of rotatable bonds is 5. The van der Waals surface area contributed by atoms with Gasteiger partial charge in [-0.25, -0.2) is 0 Å². The van der Waals surface area contributed by atoms with Gasteiger partial charge in [-0.2, -0.15) is 0 Å². The molecule has 1 aromatic carbocycles. The number of likely N-dealkylation sites (tertiary alicyclic amines) is 1. The van der Waals surface area contributed by atoms with E-state index in [9.17, 15) is 9.59 Å². The molecule has 1 aromatic heterocycles. The summed E-state index contributed by atoms with van der Waals surface area (Å²) in [7, 11) is 0. The minimum absolute atomic E-state index is 0.0978. The number of benzene rings is 1. The van der Waals surface area contributed by atoms with E-state index in [1.807, 2.05) is 53.6 Å². The fourth-order valence-corrected chi connectivity index (χ4v) is 3.80. The van der Waals surface area contributed by atoms with Crippen molar-refractivity contribution in [3.05, 3.63) is 57.8 Å². The van der Waals surface area contributed by atoms with E-state index >= 15 is 0 Å². The maximum atomic E-state index is 12.5. The summed E-state index contributed by atoms with van der Waals surface area (Å²) < 4.78 is 0. The normalized spacial score (nSPS) is 15.2. The Morgan fingerprint density at radius 2 is 1.88 bits per heavy atom. The van der Waals surface area contributed by atoms with Crippen molar-refractivity contribution in [3.63, 3.8) is 0 Å². The van der Waals surface area contributed by atoms with Gasteiger partial charge in [0.1, 0.15) is 0 Å². The van der Waals surface area contributed by atoms with Crippen LogP contribution in [0.3, 0.4) is 0 Å². The van der Waals surface area contributed by atoms with Crippen molar-refractivity contribution in [1.82, 2.24) is 10.2 Å². The highest BCUT2D eigenvalue weighted by Crippen LogP contribution is 2.22. The van der Waals surface area contributed by atoms with E-state index in [4.69, 9.17) is 0 Å². The van der Waals surface area contributed by atoms with Crippen LogP contribution in [0.2, 0.25) is 0 Å². The third-order valence-corrected chi connectivity index (χ3v) is 5.59. The first-order valence-electron chi connectivity index (χ1n) is 8.77. The summed E-state index contributed by atoms with van der Waals surface area (Å²) in [5.41, 5.74) is 1.90. The lowest BCUT2D eigenvalue weighted by molar-refractivity contribution is -0.122. The van der Waals surface area contributed by atoms with Crippen LogP contribution in [-0.2, 0) is 11.3 Å². The number of hydrogen-bond acceptors (Lipinski definition) is 3.